The highest BCUT2D eigenvalue weighted by Gasteiger charge is 2.30. The Labute approximate surface area is 129 Å². The van der Waals surface area contributed by atoms with Gasteiger partial charge in [-0.3, -0.25) is 14.9 Å². The molecule has 6 heteroatoms. The molecule has 3 rings (SSSR count). The highest BCUT2D eigenvalue weighted by atomic mass is 16.5. The molecular weight excluding hydrogens is 280 g/mol. The third-order valence-electron chi connectivity index (χ3n) is 4.06. The van der Waals surface area contributed by atoms with Crippen LogP contribution in [0.3, 0.4) is 0 Å². The van der Waals surface area contributed by atoms with Gasteiger partial charge in [0.05, 0.1) is 24.9 Å². The van der Waals surface area contributed by atoms with Gasteiger partial charge < -0.3 is 10.1 Å². The average Bonchev–Trinajstić information content (AvgIpc) is 3.15. The highest BCUT2D eigenvalue weighted by Crippen LogP contribution is 2.24. The molecule has 6 nitrogen and oxygen atoms in total. The van der Waals surface area contributed by atoms with Crippen LogP contribution in [0.5, 0.6) is 5.75 Å². The molecule has 116 valence electrons. The summed E-state index contributed by atoms with van der Waals surface area (Å²) in [7, 11) is 0. The van der Waals surface area contributed by atoms with Gasteiger partial charge in [-0.25, -0.2) is 0 Å². The van der Waals surface area contributed by atoms with E-state index >= 15 is 0 Å². The number of pyridine rings is 1. The average molecular weight is 300 g/mol. The molecule has 1 amide bonds. The number of nitrogens with one attached hydrogen (secondary N) is 2. The van der Waals surface area contributed by atoms with Crippen LogP contribution in [0.2, 0.25) is 0 Å². The van der Waals surface area contributed by atoms with Crippen molar-refractivity contribution < 1.29 is 9.53 Å². The number of ether oxygens (including phenoxy) is 1. The summed E-state index contributed by atoms with van der Waals surface area (Å²) in [6.07, 6.45) is 10.2. The van der Waals surface area contributed by atoms with Crippen LogP contribution in [0.15, 0.2) is 30.9 Å². The maximum atomic E-state index is 12.3. The Morgan fingerprint density at radius 2 is 2.36 bits per heavy atom. The van der Waals surface area contributed by atoms with Crippen LogP contribution in [0.4, 0.5) is 0 Å². The van der Waals surface area contributed by atoms with Crippen molar-refractivity contribution in [3.8, 4) is 5.75 Å². The lowest BCUT2D eigenvalue weighted by atomic mass is 10.1. The third-order valence-corrected chi connectivity index (χ3v) is 4.06. The van der Waals surface area contributed by atoms with Crippen LogP contribution in [0.25, 0.3) is 0 Å². The highest BCUT2D eigenvalue weighted by molar-refractivity contribution is 5.79. The largest absolute Gasteiger partial charge is 0.485 e. The summed E-state index contributed by atoms with van der Waals surface area (Å²) in [6.45, 7) is 1.99. The van der Waals surface area contributed by atoms with E-state index in [1.54, 1.807) is 24.8 Å². The molecule has 2 atom stereocenters. The number of aryl methyl sites for hydroxylation is 1. The molecule has 2 heterocycles. The van der Waals surface area contributed by atoms with Crippen molar-refractivity contribution in [2.24, 2.45) is 0 Å². The minimum Gasteiger partial charge on any atom is -0.485 e. The van der Waals surface area contributed by atoms with Gasteiger partial charge in [-0.15, -0.1) is 0 Å². The second-order valence-electron chi connectivity index (χ2n) is 5.67. The van der Waals surface area contributed by atoms with Gasteiger partial charge in [0, 0.05) is 12.4 Å². The smallest absolute Gasteiger partial charge is 0.224 e. The van der Waals surface area contributed by atoms with E-state index in [0.717, 1.165) is 30.4 Å². The fourth-order valence-corrected chi connectivity index (χ4v) is 2.82. The zero-order valence-electron chi connectivity index (χ0n) is 12.6. The molecule has 22 heavy (non-hydrogen) atoms. The number of rotatable bonds is 5. The van der Waals surface area contributed by atoms with Crippen LogP contribution in [-0.2, 0) is 11.2 Å². The van der Waals surface area contributed by atoms with Crippen molar-refractivity contribution in [2.75, 3.05) is 0 Å². The van der Waals surface area contributed by atoms with Crippen molar-refractivity contribution in [1.29, 1.82) is 0 Å². The Balaban J connectivity index is 1.57. The Hall–Kier alpha value is -2.37. The van der Waals surface area contributed by atoms with E-state index in [4.69, 9.17) is 4.74 Å². The number of aromatic nitrogens is 3. The van der Waals surface area contributed by atoms with Crippen molar-refractivity contribution in [3.05, 3.63) is 42.0 Å². The van der Waals surface area contributed by atoms with E-state index in [0.29, 0.717) is 12.2 Å². The van der Waals surface area contributed by atoms with Gasteiger partial charge in [0.2, 0.25) is 5.91 Å². The summed E-state index contributed by atoms with van der Waals surface area (Å²) in [6, 6.07) is 1.97. The molecule has 0 saturated heterocycles. The fourth-order valence-electron chi connectivity index (χ4n) is 2.82. The molecule has 1 aliphatic rings. The van der Waals surface area contributed by atoms with Gasteiger partial charge in [0.25, 0.3) is 0 Å². The van der Waals surface area contributed by atoms with Crippen LogP contribution in [-0.4, -0.2) is 33.2 Å². The van der Waals surface area contributed by atoms with E-state index in [-0.39, 0.29) is 18.1 Å². The number of hydrogen-bond acceptors (Lipinski definition) is 4. The Bertz CT molecular complexity index is 627. The van der Waals surface area contributed by atoms with E-state index in [9.17, 15) is 4.79 Å². The molecule has 0 unspecified atom stereocenters. The number of hydrogen-bond donors (Lipinski definition) is 2. The van der Waals surface area contributed by atoms with Gasteiger partial charge in [0.1, 0.15) is 6.10 Å². The number of aromatic amines is 1. The number of nitrogens with zero attached hydrogens (tertiary/aromatic N) is 2. The topological polar surface area (TPSA) is 79.9 Å². The van der Waals surface area contributed by atoms with Crippen LogP contribution in [0, 0.1) is 6.92 Å². The molecule has 0 aliphatic heterocycles. The molecule has 1 saturated carbocycles. The monoisotopic (exact) mass is 300 g/mol. The summed E-state index contributed by atoms with van der Waals surface area (Å²) in [5, 5.41) is 9.70. The second kappa shape index (κ2) is 6.60. The van der Waals surface area contributed by atoms with E-state index < -0.39 is 0 Å². The first-order valence-corrected chi connectivity index (χ1v) is 7.56. The first-order valence-electron chi connectivity index (χ1n) is 7.56. The first-order chi connectivity index (χ1) is 10.7. The van der Waals surface area contributed by atoms with Crippen LogP contribution < -0.4 is 10.1 Å². The van der Waals surface area contributed by atoms with Crippen LogP contribution in [0.1, 0.15) is 30.4 Å². The number of carbonyl (C=O) groups is 1. The molecular formula is C16H20N4O2. The molecule has 1 aliphatic carbocycles. The van der Waals surface area contributed by atoms with E-state index in [1.165, 1.54) is 0 Å². The van der Waals surface area contributed by atoms with Crippen molar-refractivity contribution in [1.82, 2.24) is 20.5 Å². The summed E-state index contributed by atoms with van der Waals surface area (Å²) in [5.74, 6) is 0.734. The molecule has 0 bridgehead atoms. The number of H-pyrrole nitrogens is 1. The van der Waals surface area contributed by atoms with Crippen LogP contribution >= 0.6 is 0 Å². The lowest BCUT2D eigenvalue weighted by Crippen LogP contribution is -2.43. The minimum atomic E-state index is 0.0107. The number of amides is 1. The third kappa shape index (κ3) is 3.44. The Morgan fingerprint density at radius 3 is 3.14 bits per heavy atom. The molecule has 0 aromatic carbocycles. The predicted octanol–water partition coefficient (Wildman–Crippen LogP) is 1.77. The van der Waals surface area contributed by atoms with Crippen molar-refractivity contribution in [3.63, 3.8) is 0 Å². The maximum Gasteiger partial charge on any atom is 0.224 e. The van der Waals surface area contributed by atoms with Crippen molar-refractivity contribution >= 4 is 5.91 Å². The maximum absolute atomic E-state index is 12.3. The summed E-state index contributed by atoms with van der Waals surface area (Å²) < 4.78 is 5.88. The predicted molar refractivity (Wildman–Crippen MR) is 81.5 cm³/mol. The molecule has 0 radical (unpaired) electrons. The molecule has 1 fully saturated rings. The Morgan fingerprint density at radius 1 is 1.45 bits per heavy atom. The molecule has 0 spiro atoms. The summed E-state index contributed by atoms with van der Waals surface area (Å²) >= 11 is 0. The Kier molecular flexibility index (Phi) is 4.37. The normalized spacial score (nSPS) is 20.8. The van der Waals surface area contributed by atoms with E-state index in [1.807, 2.05) is 13.0 Å². The lowest BCUT2D eigenvalue weighted by Gasteiger charge is -2.21. The van der Waals surface area contributed by atoms with Crippen molar-refractivity contribution in [2.45, 2.75) is 44.8 Å². The fraction of sp³-hybridized carbons (Fsp3) is 0.438. The molecule has 2 aromatic rings. The van der Waals surface area contributed by atoms with Gasteiger partial charge in [-0.05, 0) is 43.4 Å². The summed E-state index contributed by atoms with van der Waals surface area (Å²) in [5.41, 5.74) is 2.05. The summed E-state index contributed by atoms with van der Waals surface area (Å²) in [4.78, 5) is 16.3. The quantitative estimate of drug-likeness (QED) is 0.882. The zero-order valence-corrected chi connectivity index (χ0v) is 12.6. The molecule has 2 aromatic heterocycles. The standard InChI is InChI=1S/C16H20N4O2/c1-11-5-6-17-8-12(11)7-16(21)20-14-3-2-4-15(14)22-13-9-18-19-10-13/h5-6,8-10,14-15H,2-4,7H2,1H3,(H,18,19)(H,20,21)/t14-,15+/m0/s1. The molecule has 2 N–H and O–H groups in total. The van der Waals surface area contributed by atoms with Gasteiger partial charge in [0.15, 0.2) is 5.75 Å². The van der Waals surface area contributed by atoms with Gasteiger partial charge in [-0.2, -0.15) is 5.10 Å². The second-order valence-corrected chi connectivity index (χ2v) is 5.67. The number of carbonyl (C=O) groups excluding carboxylic acids is 1. The first kappa shape index (κ1) is 14.6. The lowest BCUT2D eigenvalue weighted by molar-refractivity contribution is -0.121. The van der Waals surface area contributed by atoms with Gasteiger partial charge in [-0.1, -0.05) is 0 Å². The minimum absolute atomic E-state index is 0.0107. The van der Waals surface area contributed by atoms with E-state index in [2.05, 4.69) is 20.5 Å². The zero-order chi connectivity index (χ0) is 15.4. The van der Waals surface area contributed by atoms with Gasteiger partial charge >= 0.3 is 0 Å². The SMILES string of the molecule is Cc1ccncc1CC(=O)N[C@H]1CCC[C@H]1Oc1cn[nH]c1.